The van der Waals surface area contributed by atoms with E-state index < -0.39 is 18.0 Å². The van der Waals surface area contributed by atoms with Crippen LogP contribution in [-0.4, -0.2) is 69.3 Å². The molecule has 2 aromatic heterocycles. The molecule has 2 fully saturated rings. The van der Waals surface area contributed by atoms with Crippen molar-refractivity contribution in [2.24, 2.45) is 11.8 Å². The number of aromatic nitrogens is 2. The predicted octanol–water partition coefficient (Wildman–Crippen LogP) is -0.879. The second-order valence-corrected chi connectivity index (χ2v) is 13.4. The number of hydrogen-bond donors (Lipinski definition) is 1. The fourth-order valence-electron chi connectivity index (χ4n) is 6.90. The number of benzene rings is 1. The summed E-state index contributed by atoms with van der Waals surface area (Å²) in [6.07, 6.45) is 7.88. The molecule has 0 unspecified atom stereocenters. The molecule has 0 spiro atoms. The summed E-state index contributed by atoms with van der Waals surface area (Å²) in [5.41, 5.74) is 3.18. The Labute approximate surface area is 253 Å². The van der Waals surface area contributed by atoms with E-state index in [9.17, 15) is 19.8 Å². The zero-order chi connectivity index (χ0) is 27.6. The Kier molecular flexibility index (Phi) is 7.99. The van der Waals surface area contributed by atoms with Crippen LogP contribution in [0.5, 0.6) is 0 Å². The van der Waals surface area contributed by atoms with Gasteiger partial charge in [0.25, 0.3) is 6.33 Å². The Balaban J connectivity index is 0.00000323. The minimum absolute atomic E-state index is 0. The van der Waals surface area contributed by atoms with Crippen molar-refractivity contribution in [3.63, 3.8) is 0 Å². The lowest BCUT2D eigenvalue weighted by molar-refractivity contribution is -0.910. The third-order valence-electron chi connectivity index (χ3n) is 8.82. The van der Waals surface area contributed by atoms with Gasteiger partial charge < -0.3 is 41.4 Å². The van der Waals surface area contributed by atoms with Crippen LogP contribution >= 0.6 is 23.1 Å². The van der Waals surface area contributed by atoms with E-state index in [1.165, 1.54) is 53.3 Å². The Bertz CT molecular complexity index is 1490. The summed E-state index contributed by atoms with van der Waals surface area (Å²) in [5.74, 6) is -2.50. The number of thioether (sulfide) groups is 1. The molecule has 8 nitrogen and oxygen atoms in total. The molecule has 0 radical (unpaired) electrons. The van der Waals surface area contributed by atoms with Crippen LogP contribution in [0.25, 0.3) is 10.4 Å². The molecule has 3 aromatic rings. The number of carboxylic acid groups (broad SMARTS) is 1. The van der Waals surface area contributed by atoms with Gasteiger partial charge in [0.05, 0.1) is 54.7 Å². The fraction of sp³-hybridized carbons (Fsp3) is 0.483. The summed E-state index contributed by atoms with van der Waals surface area (Å²) in [7, 11) is 2.35. The van der Waals surface area contributed by atoms with Crippen molar-refractivity contribution in [2.45, 2.75) is 57.0 Å². The Morgan fingerprint density at radius 2 is 1.90 bits per heavy atom. The van der Waals surface area contributed by atoms with Crippen molar-refractivity contribution in [2.75, 3.05) is 26.4 Å². The predicted molar refractivity (Wildman–Crippen MR) is 149 cm³/mol. The van der Waals surface area contributed by atoms with Crippen LogP contribution in [0.3, 0.4) is 0 Å². The summed E-state index contributed by atoms with van der Waals surface area (Å²) in [4.78, 5) is 28.1. The topological polar surface area (TPSA) is 89.0 Å². The molecule has 2 saturated heterocycles. The number of aliphatic hydroxyl groups excluding tert-OH is 1. The molecular weight excluding hydrogens is 612 g/mol. The molecule has 0 bridgehead atoms. The van der Waals surface area contributed by atoms with Gasteiger partial charge in [-0.05, 0) is 18.7 Å². The van der Waals surface area contributed by atoms with E-state index in [0.717, 1.165) is 32.3 Å². The van der Waals surface area contributed by atoms with Gasteiger partial charge in [-0.25, -0.2) is 4.57 Å². The van der Waals surface area contributed by atoms with Gasteiger partial charge in [0.2, 0.25) is 15.8 Å². The third kappa shape index (κ3) is 4.73. The Morgan fingerprint density at radius 1 is 1.25 bits per heavy atom. The normalized spacial score (nSPS) is 24.3. The number of carbonyl (C=O) groups is 2. The zero-order valence-electron chi connectivity index (χ0n) is 23.2. The first-order chi connectivity index (χ1) is 18.6. The smallest absolute Gasteiger partial charge is 0.250 e. The number of aliphatic hydroxyl groups is 1. The van der Waals surface area contributed by atoms with Crippen LogP contribution in [0.15, 0.2) is 47.5 Å². The zero-order valence-corrected chi connectivity index (χ0v) is 26.4. The van der Waals surface area contributed by atoms with Gasteiger partial charge in [0.15, 0.2) is 0 Å². The highest BCUT2D eigenvalue weighted by molar-refractivity contribution is 7.98. The highest BCUT2D eigenvalue weighted by atomic mass is 79.9. The number of quaternary nitrogens is 1. The van der Waals surface area contributed by atoms with Gasteiger partial charge >= 0.3 is 0 Å². The maximum absolute atomic E-state index is 12.7. The average Bonchev–Trinajstić information content (AvgIpc) is 3.61. The molecule has 5 heterocycles. The fourth-order valence-corrected chi connectivity index (χ4v) is 9.08. The molecule has 1 amide bonds. The van der Waals surface area contributed by atoms with Crippen LogP contribution in [0.2, 0.25) is 0 Å². The molecular formula is C29H35BrN4O4S2. The molecule has 6 rings (SSSR count). The van der Waals surface area contributed by atoms with Crippen molar-refractivity contribution in [3.05, 3.63) is 58.5 Å². The second kappa shape index (κ2) is 10.9. The molecule has 0 saturated carbocycles. The van der Waals surface area contributed by atoms with Gasteiger partial charge in [-0.1, -0.05) is 54.3 Å². The summed E-state index contributed by atoms with van der Waals surface area (Å²) in [6.45, 7) is 7.87. The van der Waals surface area contributed by atoms with Gasteiger partial charge in [-0.15, -0.1) is 0 Å². The average molecular weight is 648 g/mol. The number of rotatable bonds is 8. The van der Waals surface area contributed by atoms with Gasteiger partial charge in [-0.3, -0.25) is 4.79 Å². The van der Waals surface area contributed by atoms with E-state index in [0.29, 0.717) is 5.57 Å². The van der Waals surface area contributed by atoms with Gasteiger partial charge in [0, 0.05) is 29.9 Å². The third-order valence-corrected chi connectivity index (χ3v) is 10.9. The van der Waals surface area contributed by atoms with E-state index in [-0.39, 0.29) is 40.5 Å². The van der Waals surface area contributed by atoms with E-state index in [1.54, 1.807) is 18.7 Å². The quantitative estimate of drug-likeness (QED) is 0.149. The number of likely N-dealkylation sites (tertiary alicyclic amines) is 1. The molecule has 1 aromatic carbocycles. The highest BCUT2D eigenvalue weighted by Gasteiger charge is 2.59. The number of halogens is 1. The number of carbonyl (C=O) groups excluding carboxylic acids is 2. The van der Waals surface area contributed by atoms with Crippen LogP contribution < -0.4 is 26.7 Å². The maximum atomic E-state index is 12.7. The first-order valence-electron chi connectivity index (χ1n) is 13.6. The minimum atomic E-state index is -1.35. The molecule has 3 aliphatic heterocycles. The largest absolute Gasteiger partial charge is 1.00 e. The van der Waals surface area contributed by atoms with Crippen LogP contribution in [0.4, 0.5) is 0 Å². The van der Waals surface area contributed by atoms with Crippen LogP contribution in [0.1, 0.15) is 42.7 Å². The molecule has 4 atom stereocenters. The summed E-state index contributed by atoms with van der Waals surface area (Å²) < 4.78 is 5.41. The van der Waals surface area contributed by atoms with Crippen LogP contribution in [0, 0.1) is 11.8 Å². The molecule has 11 heteroatoms. The summed E-state index contributed by atoms with van der Waals surface area (Å²) >= 11 is 3.20. The summed E-state index contributed by atoms with van der Waals surface area (Å²) in [5, 5.41) is 23.4. The van der Waals surface area contributed by atoms with E-state index in [1.807, 2.05) is 13.1 Å². The molecule has 40 heavy (non-hydrogen) atoms. The molecule has 1 N–H and O–H groups in total. The number of imidazole rings is 1. The number of nitrogens with zero attached hydrogens (tertiary/aromatic N) is 4. The standard InChI is InChI=1S/C29H35N4O4S2.BrH/c1-17-22(25(29(36)37)32-24(17)23(18(2)34)26(32)35)21-14-31-16-30(27(38-4)28(31)39-21)13-19-7-9-20(10-8-19)15-33(3)11-5-6-12-33;/h7-10,14,16-18,23-24,34H,5-6,11-13,15H2,1-4H3;1H/q+1;/p-1/t17-,18+,23+,24+;/m0./s1. The number of hydrogen-bond acceptors (Lipinski definition) is 6. The molecule has 214 valence electrons. The number of β-lactam (4-membered cyclic amide) rings is 1. The number of thiazole rings is 1. The molecule has 0 aliphatic carbocycles. The van der Waals surface area contributed by atoms with Crippen LogP contribution in [-0.2, 0) is 22.7 Å². The monoisotopic (exact) mass is 646 g/mol. The number of aliphatic carboxylic acids is 1. The Morgan fingerprint density at radius 3 is 2.50 bits per heavy atom. The SMILES string of the molecule is CSc1c2sc(C3=C(C(=O)[O-])N4C(=O)[C@H]([C@@H](C)O)[C@H]4[C@H]3C)cn2c[n+]1Cc1ccc(C[N+]2(C)CCCC2)cc1.[Br-]. The number of fused-ring (bicyclic) bond motifs is 2. The second-order valence-electron chi connectivity index (χ2n) is 11.6. The number of amides is 1. The first-order valence-corrected chi connectivity index (χ1v) is 15.6. The molecule has 3 aliphatic rings. The summed E-state index contributed by atoms with van der Waals surface area (Å²) in [6, 6.07) is 8.61. The van der Waals surface area contributed by atoms with E-state index in [4.69, 9.17) is 0 Å². The lowest BCUT2D eigenvalue weighted by atomic mass is 9.77. The van der Waals surface area contributed by atoms with Gasteiger partial charge in [0.1, 0.15) is 19.3 Å². The van der Waals surface area contributed by atoms with Crippen molar-refractivity contribution in [1.29, 1.82) is 0 Å². The highest BCUT2D eigenvalue weighted by Crippen LogP contribution is 2.51. The lowest BCUT2D eigenvalue weighted by Gasteiger charge is -2.47. The number of carboxylic acids is 1. The van der Waals surface area contributed by atoms with Crippen molar-refractivity contribution >= 4 is 45.4 Å². The van der Waals surface area contributed by atoms with Crippen molar-refractivity contribution in [1.82, 2.24) is 9.30 Å². The lowest BCUT2D eigenvalue weighted by Crippen LogP contribution is -3.00. The maximum Gasteiger partial charge on any atom is 0.250 e. The first kappa shape index (κ1) is 29.3. The van der Waals surface area contributed by atoms with Crippen molar-refractivity contribution in [3.8, 4) is 0 Å². The Hall–Kier alpha value is -2.18. The van der Waals surface area contributed by atoms with E-state index in [2.05, 4.69) is 52.9 Å². The minimum Gasteiger partial charge on any atom is -1.00 e. The van der Waals surface area contributed by atoms with Gasteiger partial charge in [-0.2, -0.15) is 4.40 Å². The van der Waals surface area contributed by atoms with E-state index >= 15 is 0 Å². The van der Waals surface area contributed by atoms with Crippen molar-refractivity contribution < 1.29 is 45.8 Å².